The van der Waals surface area contributed by atoms with E-state index in [2.05, 4.69) is 16.4 Å². The highest BCUT2D eigenvalue weighted by Gasteiger charge is 2.29. The minimum absolute atomic E-state index is 0.194. The molecule has 0 unspecified atom stereocenters. The van der Waals surface area contributed by atoms with E-state index >= 15 is 0 Å². The number of aromatic nitrogens is 1. The van der Waals surface area contributed by atoms with Gasteiger partial charge in [0.2, 0.25) is 0 Å². The maximum Gasteiger partial charge on any atom is 0.309 e. The zero-order valence-corrected chi connectivity index (χ0v) is 23.3. The normalized spacial score (nSPS) is 12.9. The van der Waals surface area contributed by atoms with Gasteiger partial charge < -0.3 is 14.4 Å². The molecular weight excluding hydrogens is 516 g/mol. The van der Waals surface area contributed by atoms with E-state index in [1.807, 2.05) is 13.8 Å². The van der Waals surface area contributed by atoms with E-state index in [1.54, 1.807) is 61.4 Å². The van der Waals surface area contributed by atoms with Gasteiger partial charge in [-0.3, -0.25) is 19.7 Å². The Bertz CT molecular complexity index is 1340. The summed E-state index contributed by atoms with van der Waals surface area (Å²) in [4.78, 5) is 44.5. The molecule has 0 saturated carbocycles. The van der Waals surface area contributed by atoms with Gasteiger partial charge in [0.15, 0.2) is 5.13 Å². The van der Waals surface area contributed by atoms with E-state index in [1.165, 1.54) is 6.07 Å². The molecule has 1 aliphatic rings. The van der Waals surface area contributed by atoms with Gasteiger partial charge in [0.05, 0.1) is 19.6 Å². The summed E-state index contributed by atoms with van der Waals surface area (Å²) in [6.07, 6.45) is 1.10. The molecule has 0 radical (unpaired) electrons. The Morgan fingerprint density at radius 3 is 2.38 bits per heavy atom. The van der Waals surface area contributed by atoms with E-state index in [0.717, 1.165) is 16.9 Å². The number of thiazole rings is 1. The summed E-state index contributed by atoms with van der Waals surface area (Å²) < 4.78 is 10.3. The number of ether oxygens (including phenoxy) is 2. The third kappa shape index (κ3) is 7.21. The Balaban J connectivity index is 0.00000205. The average molecular weight is 549 g/mol. The second-order valence-electron chi connectivity index (χ2n) is 8.39. The lowest BCUT2D eigenvalue weighted by atomic mass is 9.96. The van der Waals surface area contributed by atoms with Gasteiger partial charge in [0.25, 0.3) is 11.8 Å². The summed E-state index contributed by atoms with van der Waals surface area (Å²) in [6, 6.07) is 15.7. The standard InChI is InChI=1S/C27H26N4O5S.C2H6/c1-3-36-26(34)18-11-13-31(14-12-18)25(33)20-6-4-5-19(15-20)24(32)30-27-29-23(22(16-28)37-27)17-7-9-21(35-2)10-8-17;1-2/h4-10,15,18H,3,11-14H2,1-2H3,(H,29,30,32);1-2H3. The predicted octanol–water partition coefficient (Wildman–Crippen LogP) is 5.38. The molecule has 4 rings (SSSR count). The van der Waals surface area contributed by atoms with Gasteiger partial charge in [-0.15, -0.1) is 0 Å². The van der Waals surface area contributed by atoms with Crippen LogP contribution in [0.3, 0.4) is 0 Å². The SMILES string of the molecule is CC.CCOC(=O)C1CCN(C(=O)c2cccc(C(=O)Nc3nc(-c4ccc(OC)cc4)c(C#N)s3)c2)CC1. The molecule has 10 heteroatoms. The lowest BCUT2D eigenvalue weighted by Gasteiger charge is -2.31. The Morgan fingerprint density at radius 1 is 1.10 bits per heavy atom. The molecule has 0 atom stereocenters. The highest BCUT2D eigenvalue weighted by Crippen LogP contribution is 2.32. The number of methoxy groups -OCH3 is 1. The molecule has 204 valence electrons. The number of nitrogens with one attached hydrogen (secondary N) is 1. The first-order valence-electron chi connectivity index (χ1n) is 12.9. The molecule has 39 heavy (non-hydrogen) atoms. The third-order valence-corrected chi connectivity index (χ3v) is 6.96. The van der Waals surface area contributed by atoms with Crippen molar-refractivity contribution in [3.63, 3.8) is 0 Å². The second kappa shape index (κ2) is 14.1. The van der Waals surface area contributed by atoms with Crippen molar-refractivity contribution in [3.8, 4) is 23.1 Å². The van der Waals surface area contributed by atoms with Crippen molar-refractivity contribution < 1.29 is 23.9 Å². The molecule has 1 aromatic heterocycles. The van der Waals surface area contributed by atoms with E-state index in [-0.39, 0.29) is 22.9 Å². The summed E-state index contributed by atoms with van der Waals surface area (Å²) in [7, 11) is 1.57. The highest BCUT2D eigenvalue weighted by atomic mass is 32.1. The first kappa shape index (κ1) is 29.3. The molecule has 0 aliphatic carbocycles. The van der Waals surface area contributed by atoms with Crippen molar-refractivity contribution in [3.05, 3.63) is 64.5 Å². The van der Waals surface area contributed by atoms with Crippen molar-refractivity contribution in [2.75, 3.05) is 32.1 Å². The van der Waals surface area contributed by atoms with Crippen LogP contribution in [0.1, 0.15) is 59.2 Å². The summed E-state index contributed by atoms with van der Waals surface area (Å²) in [5.41, 5.74) is 1.89. The molecule has 2 heterocycles. The quantitative estimate of drug-likeness (QED) is 0.393. The molecule has 0 bridgehead atoms. The Hall–Kier alpha value is -4.23. The minimum atomic E-state index is -0.435. The number of piperidine rings is 1. The van der Waals surface area contributed by atoms with Crippen LogP contribution >= 0.6 is 11.3 Å². The fourth-order valence-corrected chi connectivity index (χ4v) is 4.90. The van der Waals surface area contributed by atoms with Crippen molar-refractivity contribution in [1.82, 2.24) is 9.88 Å². The van der Waals surface area contributed by atoms with Crippen LogP contribution in [-0.2, 0) is 9.53 Å². The number of nitrogens with zero attached hydrogens (tertiary/aromatic N) is 3. The van der Waals surface area contributed by atoms with E-state index in [9.17, 15) is 19.6 Å². The number of hydrogen-bond acceptors (Lipinski definition) is 8. The lowest BCUT2D eigenvalue weighted by molar-refractivity contribution is -0.149. The maximum atomic E-state index is 13.0. The highest BCUT2D eigenvalue weighted by molar-refractivity contribution is 7.16. The Labute approximate surface area is 232 Å². The topological polar surface area (TPSA) is 122 Å². The largest absolute Gasteiger partial charge is 0.497 e. The van der Waals surface area contributed by atoms with Gasteiger partial charge in [-0.25, -0.2) is 4.98 Å². The zero-order valence-electron chi connectivity index (χ0n) is 22.5. The zero-order chi connectivity index (χ0) is 28.4. The van der Waals surface area contributed by atoms with Crippen LogP contribution in [-0.4, -0.2) is 54.5 Å². The minimum Gasteiger partial charge on any atom is -0.497 e. The van der Waals surface area contributed by atoms with Crippen molar-refractivity contribution in [2.24, 2.45) is 5.92 Å². The van der Waals surface area contributed by atoms with E-state index in [4.69, 9.17) is 9.47 Å². The monoisotopic (exact) mass is 548 g/mol. The van der Waals surface area contributed by atoms with Gasteiger partial charge in [0.1, 0.15) is 22.4 Å². The van der Waals surface area contributed by atoms with Gasteiger partial charge in [-0.05, 0) is 62.2 Å². The number of hydrogen-bond donors (Lipinski definition) is 1. The number of carbonyl (C=O) groups excluding carboxylic acids is 3. The summed E-state index contributed by atoms with van der Waals surface area (Å²) in [6.45, 7) is 7.01. The number of nitriles is 1. The fraction of sp³-hybridized carbons (Fsp3) is 0.345. The number of likely N-dealkylation sites (tertiary alicyclic amines) is 1. The Morgan fingerprint density at radius 2 is 1.77 bits per heavy atom. The van der Waals surface area contributed by atoms with Crippen molar-refractivity contribution in [1.29, 1.82) is 5.26 Å². The number of esters is 1. The third-order valence-electron chi connectivity index (χ3n) is 6.09. The first-order chi connectivity index (χ1) is 18.9. The van der Waals surface area contributed by atoms with Crippen LogP contribution in [0.4, 0.5) is 5.13 Å². The molecule has 1 saturated heterocycles. The van der Waals surface area contributed by atoms with Crippen molar-refractivity contribution in [2.45, 2.75) is 33.6 Å². The van der Waals surface area contributed by atoms with Crippen LogP contribution in [0.25, 0.3) is 11.3 Å². The van der Waals surface area contributed by atoms with Crippen LogP contribution in [0.5, 0.6) is 5.75 Å². The van der Waals surface area contributed by atoms with Crippen molar-refractivity contribution >= 4 is 34.3 Å². The molecule has 2 aromatic carbocycles. The van der Waals surface area contributed by atoms with E-state index in [0.29, 0.717) is 60.0 Å². The maximum absolute atomic E-state index is 13.0. The van der Waals surface area contributed by atoms with Crippen LogP contribution < -0.4 is 10.1 Å². The average Bonchev–Trinajstić information content (AvgIpc) is 3.40. The lowest BCUT2D eigenvalue weighted by Crippen LogP contribution is -2.40. The molecule has 9 nitrogen and oxygen atoms in total. The number of rotatable bonds is 7. The molecule has 2 amide bonds. The van der Waals surface area contributed by atoms with E-state index < -0.39 is 5.91 Å². The molecule has 0 spiro atoms. The second-order valence-corrected chi connectivity index (χ2v) is 9.39. The Kier molecular flexibility index (Phi) is 10.6. The van der Waals surface area contributed by atoms with Gasteiger partial charge >= 0.3 is 5.97 Å². The van der Waals surface area contributed by atoms with Gasteiger partial charge in [0, 0.05) is 29.8 Å². The summed E-state index contributed by atoms with van der Waals surface area (Å²) in [5.74, 6) is -0.357. The fourth-order valence-electron chi connectivity index (χ4n) is 4.12. The molecule has 1 fully saturated rings. The molecular formula is C29H32N4O5S. The molecule has 1 N–H and O–H groups in total. The van der Waals surface area contributed by atoms with Crippen LogP contribution in [0.2, 0.25) is 0 Å². The van der Waals surface area contributed by atoms with Crippen LogP contribution in [0, 0.1) is 17.2 Å². The smallest absolute Gasteiger partial charge is 0.309 e. The summed E-state index contributed by atoms with van der Waals surface area (Å²) in [5, 5.41) is 12.6. The van der Waals surface area contributed by atoms with Gasteiger partial charge in [-0.2, -0.15) is 5.26 Å². The molecule has 3 aromatic rings. The number of anilines is 1. The number of benzene rings is 2. The number of carbonyl (C=O) groups is 3. The van der Waals surface area contributed by atoms with Crippen LogP contribution in [0.15, 0.2) is 48.5 Å². The predicted molar refractivity (Wildman–Crippen MR) is 150 cm³/mol. The number of amides is 2. The summed E-state index contributed by atoms with van der Waals surface area (Å²) >= 11 is 1.08. The van der Waals surface area contributed by atoms with Gasteiger partial charge in [-0.1, -0.05) is 31.3 Å². The molecule has 1 aliphatic heterocycles. The first-order valence-corrected chi connectivity index (χ1v) is 13.7.